The summed E-state index contributed by atoms with van der Waals surface area (Å²) in [5, 5.41) is 18.8. The number of hydrogen-bond acceptors (Lipinski definition) is 4. The van der Waals surface area contributed by atoms with Crippen LogP contribution < -0.4 is 4.74 Å². The summed E-state index contributed by atoms with van der Waals surface area (Å²) in [5.74, 6) is -4.06. The summed E-state index contributed by atoms with van der Waals surface area (Å²) < 4.78 is 31.4. The molecular formula is C11H9F2NO5. The first-order chi connectivity index (χ1) is 8.81. The van der Waals surface area contributed by atoms with Crippen molar-refractivity contribution < 1.29 is 28.3 Å². The Bertz CT molecular complexity index is 556. The Morgan fingerprint density at radius 3 is 2.63 bits per heavy atom. The zero-order chi connectivity index (χ0) is 14.6. The van der Waals surface area contributed by atoms with Crippen molar-refractivity contribution in [2.45, 2.75) is 6.92 Å². The van der Waals surface area contributed by atoms with Crippen LogP contribution in [0.3, 0.4) is 0 Å². The predicted octanol–water partition coefficient (Wildman–Crippen LogP) is 2.28. The van der Waals surface area contributed by atoms with Gasteiger partial charge in [-0.1, -0.05) is 0 Å². The van der Waals surface area contributed by atoms with E-state index in [0.717, 1.165) is 6.08 Å². The molecule has 1 aromatic rings. The summed E-state index contributed by atoms with van der Waals surface area (Å²) in [6, 6.07) is 0.947. The zero-order valence-corrected chi connectivity index (χ0v) is 9.72. The molecule has 102 valence electrons. The third-order valence-electron chi connectivity index (χ3n) is 2.02. The molecule has 0 aromatic heterocycles. The summed E-state index contributed by atoms with van der Waals surface area (Å²) in [4.78, 5) is 19.6. The molecular weight excluding hydrogens is 264 g/mol. The first-order valence-electron chi connectivity index (χ1n) is 4.97. The fourth-order valence-corrected chi connectivity index (χ4v) is 1.21. The lowest BCUT2D eigenvalue weighted by atomic mass is 10.2. The zero-order valence-electron chi connectivity index (χ0n) is 9.72. The van der Waals surface area contributed by atoms with Crippen molar-refractivity contribution >= 4 is 11.7 Å². The second kappa shape index (κ2) is 5.89. The van der Waals surface area contributed by atoms with Crippen molar-refractivity contribution in [3.63, 3.8) is 0 Å². The van der Waals surface area contributed by atoms with E-state index >= 15 is 0 Å². The van der Waals surface area contributed by atoms with Crippen molar-refractivity contribution in [3.8, 4) is 5.75 Å². The first kappa shape index (κ1) is 14.6. The SMILES string of the molecule is CC(=CC(=O)O)COc1cc(F)c([N+](=O)[O-])cc1F. The van der Waals surface area contributed by atoms with Gasteiger partial charge in [-0.15, -0.1) is 0 Å². The van der Waals surface area contributed by atoms with Crippen LogP contribution in [0.5, 0.6) is 5.75 Å². The molecule has 0 unspecified atom stereocenters. The third kappa shape index (κ3) is 4.02. The Labute approximate surface area is 106 Å². The number of rotatable bonds is 5. The highest BCUT2D eigenvalue weighted by molar-refractivity contribution is 5.80. The van der Waals surface area contributed by atoms with E-state index in [1.807, 2.05) is 0 Å². The van der Waals surface area contributed by atoms with E-state index in [9.17, 15) is 23.7 Å². The van der Waals surface area contributed by atoms with Crippen LogP contribution in [0.1, 0.15) is 6.92 Å². The Hall–Kier alpha value is -2.51. The van der Waals surface area contributed by atoms with E-state index in [0.29, 0.717) is 12.1 Å². The quantitative estimate of drug-likeness (QED) is 0.505. The summed E-state index contributed by atoms with van der Waals surface area (Å²) >= 11 is 0. The van der Waals surface area contributed by atoms with Gasteiger partial charge in [-0.3, -0.25) is 10.1 Å². The molecule has 0 fully saturated rings. The number of nitro groups is 1. The minimum atomic E-state index is -1.23. The first-order valence-corrected chi connectivity index (χ1v) is 4.97. The molecule has 0 spiro atoms. The van der Waals surface area contributed by atoms with Gasteiger partial charge in [-0.25, -0.2) is 9.18 Å². The van der Waals surface area contributed by atoms with E-state index in [2.05, 4.69) is 0 Å². The second-order valence-electron chi connectivity index (χ2n) is 3.61. The standard InChI is InChI=1S/C11H9F2NO5/c1-6(2-11(15)16)5-19-10-4-7(12)9(14(17)18)3-8(10)13/h2-4H,5H2,1H3,(H,15,16). The molecule has 0 aliphatic heterocycles. The van der Waals surface area contributed by atoms with Gasteiger partial charge in [0.1, 0.15) is 6.61 Å². The fourth-order valence-electron chi connectivity index (χ4n) is 1.21. The van der Waals surface area contributed by atoms with Crippen molar-refractivity contribution in [3.05, 3.63) is 45.5 Å². The molecule has 1 aromatic carbocycles. The molecule has 1 N–H and O–H groups in total. The molecule has 0 atom stereocenters. The van der Waals surface area contributed by atoms with Gasteiger partial charge >= 0.3 is 11.7 Å². The van der Waals surface area contributed by atoms with Crippen LogP contribution in [0.2, 0.25) is 0 Å². The van der Waals surface area contributed by atoms with Gasteiger partial charge in [0.05, 0.1) is 11.0 Å². The summed E-state index contributed by atoms with van der Waals surface area (Å²) in [6.45, 7) is 1.15. The summed E-state index contributed by atoms with van der Waals surface area (Å²) in [5.41, 5.74) is -0.728. The normalized spacial score (nSPS) is 11.2. The maximum Gasteiger partial charge on any atom is 0.328 e. The molecule has 0 amide bonds. The van der Waals surface area contributed by atoms with E-state index in [1.165, 1.54) is 6.92 Å². The molecule has 6 nitrogen and oxygen atoms in total. The third-order valence-corrected chi connectivity index (χ3v) is 2.02. The number of hydrogen-bond donors (Lipinski definition) is 1. The molecule has 1 rings (SSSR count). The molecule has 0 saturated heterocycles. The minimum absolute atomic E-state index is 0.269. The van der Waals surface area contributed by atoms with Gasteiger partial charge in [0, 0.05) is 12.1 Å². The lowest BCUT2D eigenvalue weighted by Gasteiger charge is -2.07. The lowest BCUT2D eigenvalue weighted by molar-refractivity contribution is -0.387. The molecule has 8 heteroatoms. The van der Waals surface area contributed by atoms with E-state index < -0.39 is 34.0 Å². The molecule has 0 aliphatic rings. The summed E-state index contributed by atoms with van der Waals surface area (Å²) in [7, 11) is 0. The van der Waals surface area contributed by atoms with E-state index in [1.54, 1.807) is 0 Å². The van der Waals surface area contributed by atoms with Gasteiger partial charge in [-0.2, -0.15) is 4.39 Å². The highest BCUT2D eigenvalue weighted by Crippen LogP contribution is 2.26. The van der Waals surface area contributed by atoms with Crippen LogP contribution in [0.4, 0.5) is 14.5 Å². The summed E-state index contributed by atoms with van der Waals surface area (Å²) in [6.07, 6.45) is 0.847. The molecule has 0 saturated carbocycles. The highest BCUT2D eigenvalue weighted by Gasteiger charge is 2.19. The lowest BCUT2D eigenvalue weighted by Crippen LogP contribution is -2.04. The predicted molar refractivity (Wildman–Crippen MR) is 59.9 cm³/mol. The average molecular weight is 273 g/mol. The fraction of sp³-hybridized carbons (Fsp3) is 0.182. The highest BCUT2D eigenvalue weighted by atomic mass is 19.1. The topological polar surface area (TPSA) is 89.7 Å². The van der Waals surface area contributed by atoms with Gasteiger partial charge in [0.2, 0.25) is 5.82 Å². The van der Waals surface area contributed by atoms with Crippen LogP contribution in [-0.4, -0.2) is 22.6 Å². The number of carbonyl (C=O) groups is 1. The van der Waals surface area contributed by atoms with Gasteiger partial charge in [0.15, 0.2) is 11.6 Å². The molecule has 0 aliphatic carbocycles. The van der Waals surface area contributed by atoms with Crippen molar-refractivity contribution in [2.24, 2.45) is 0 Å². The maximum absolute atomic E-state index is 13.4. The monoisotopic (exact) mass is 273 g/mol. The van der Waals surface area contributed by atoms with Gasteiger partial charge in [-0.05, 0) is 12.5 Å². The number of ether oxygens (including phenoxy) is 1. The minimum Gasteiger partial charge on any atom is -0.486 e. The van der Waals surface area contributed by atoms with Gasteiger partial charge < -0.3 is 9.84 Å². The Morgan fingerprint density at radius 1 is 1.47 bits per heavy atom. The number of carboxylic acids is 1. The van der Waals surface area contributed by atoms with Crippen LogP contribution in [0.25, 0.3) is 0 Å². The van der Waals surface area contributed by atoms with Crippen molar-refractivity contribution in [1.29, 1.82) is 0 Å². The number of nitrogens with zero attached hydrogens (tertiary/aromatic N) is 1. The van der Waals surface area contributed by atoms with Crippen LogP contribution >= 0.6 is 0 Å². The smallest absolute Gasteiger partial charge is 0.328 e. The molecule has 0 heterocycles. The van der Waals surface area contributed by atoms with Crippen molar-refractivity contribution in [1.82, 2.24) is 0 Å². The molecule has 19 heavy (non-hydrogen) atoms. The van der Waals surface area contributed by atoms with E-state index in [4.69, 9.17) is 9.84 Å². The van der Waals surface area contributed by atoms with E-state index in [-0.39, 0.29) is 12.2 Å². The average Bonchev–Trinajstić information content (AvgIpc) is 2.28. The number of halogens is 2. The van der Waals surface area contributed by atoms with Crippen LogP contribution in [0, 0.1) is 21.7 Å². The van der Waals surface area contributed by atoms with Crippen LogP contribution in [-0.2, 0) is 4.79 Å². The Balaban J connectivity index is 2.89. The van der Waals surface area contributed by atoms with Crippen molar-refractivity contribution in [2.75, 3.05) is 6.61 Å². The second-order valence-corrected chi connectivity index (χ2v) is 3.61. The largest absolute Gasteiger partial charge is 0.486 e. The number of carboxylic acid groups (broad SMARTS) is 1. The number of nitro benzene ring substituents is 1. The maximum atomic E-state index is 13.4. The molecule has 0 radical (unpaired) electrons. The number of benzene rings is 1. The Morgan fingerprint density at radius 2 is 2.11 bits per heavy atom. The molecule has 0 bridgehead atoms. The number of aliphatic carboxylic acids is 1. The Kier molecular flexibility index (Phi) is 4.51. The van der Waals surface area contributed by atoms with Gasteiger partial charge in [0.25, 0.3) is 0 Å². The van der Waals surface area contributed by atoms with Crippen LogP contribution in [0.15, 0.2) is 23.8 Å².